The molecule has 1 atom stereocenters. The molecule has 1 heterocycles. The molecule has 0 spiro atoms. The molecule has 0 saturated heterocycles. The first-order valence-corrected chi connectivity index (χ1v) is 5.10. The Morgan fingerprint density at radius 1 is 1.47 bits per heavy atom. The Bertz CT molecular complexity index is 408. The van der Waals surface area contributed by atoms with Crippen molar-refractivity contribution in [2.45, 2.75) is 39.2 Å². The largest absolute Gasteiger partial charge is 0.383 e. The van der Waals surface area contributed by atoms with E-state index in [1.165, 1.54) is 0 Å². The molecule has 0 aliphatic carbocycles. The number of nitrogens with two attached hydrogens (primary N) is 2. The number of nitrogens with zero attached hydrogens (tertiary/aromatic N) is 1. The summed E-state index contributed by atoms with van der Waals surface area (Å²) in [5.74, 6) is 0.728. The zero-order valence-electron chi connectivity index (χ0n) is 9.42. The van der Waals surface area contributed by atoms with Crippen molar-refractivity contribution in [2.24, 2.45) is 5.73 Å². The Balaban J connectivity index is 3.32. The summed E-state index contributed by atoms with van der Waals surface area (Å²) < 4.78 is 0. The van der Waals surface area contributed by atoms with Gasteiger partial charge >= 0.3 is 0 Å². The van der Waals surface area contributed by atoms with Crippen molar-refractivity contribution in [3.8, 4) is 0 Å². The summed E-state index contributed by atoms with van der Waals surface area (Å²) in [6.45, 7) is 5.62. The van der Waals surface area contributed by atoms with Crippen LogP contribution in [-0.4, -0.2) is 9.97 Å². The minimum Gasteiger partial charge on any atom is -0.383 e. The van der Waals surface area contributed by atoms with Crippen molar-refractivity contribution >= 4 is 5.82 Å². The van der Waals surface area contributed by atoms with E-state index in [0.717, 1.165) is 0 Å². The smallest absolute Gasteiger partial charge is 0.256 e. The molecular formula is C10H18N4O. The third-order valence-corrected chi connectivity index (χ3v) is 2.68. The molecule has 1 aromatic rings. The molecule has 1 aromatic heterocycles. The van der Waals surface area contributed by atoms with E-state index < -0.39 is 5.54 Å². The fraction of sp³-hybridized carbons (Fsp3) is 0.600. The molecule has 0 unspecified atom stereocenters. The van der Waals surface area contributed by atoms with E-state index in [1.54, 1.807) is 0 Å². The molecule has 5 nitrogen and oxygen atoms in total. The van der Waals surface area contributed by atoms with E-state index >= 15 is 0 Å². The van der Waals surface area contributed by atoms with Crippen LogP contribution in [0.5, 0.6) is 0 Å². The minimum absolute atomic E-state index is 0.190. The molecule has 0 bridgehead atoms. The highest BCUT2D eigenvalue weighted by atomic mass is 16.1. The highest BCUT2D eigenvalue weighted by molar-refractivity contribution is 5.38. The molecule has 0 saturated carbocycles. The minimum atomic E-state index is -0.639. The molecule has 0 fully saturated rings. The number of nitrogen functional groups attached to an aromatic ring is 1. The number of aromatic amines is 1. The summed E-state index contributed by atoms with van der Waals surface area (Å²) in [6, 6.07) is 0. The second-order valence-electron chi connectivity index (χ2n) is 3.90. The summed E-state index contributed by atoms with van der Waals surface area (Å²) in [7, 11) is 0. The number of rotatable bonds is 3. The van der Waals surface area contributed by atoms with Gasteiger partial charge < -0.3 is 16.5 Å². The second-order valence-corrected chi connectivity index (χ2v) is 3.90. The van der Waals surface area contributed by atoms with Crippen LogP contribution in [0.1, 0.15) is 38.6 Å². The summed E-state index contributed by atoms with van der Waals surface area (Å²) in [4.78, 5) is 18.5. The van der Waals surface area contributed by atoms with Gasteiger partial charge in [-0.05, 0) is 19.8 Å². The lowest BCUT2D eigenvalue weighted by Gasteiger charge is -2.21. The number of anilines is 1. The van der Waals surface area contributed by atoms with Gasteiger partial charge in [-0.3, -0.25) is 4.79 Å². The maximum absolute atomic E-state index is 11.6. The van der Waals surface area contributed by atoms with Gasteiger partial charge in [0.2, 0.25) is 0 Å². The number of H-pyrrole nitrogens is 1. The molecule has 84 valence electrons. The van der Waals surface area contributed by atoms with Crippen molar-refractivity contribution in [3.05, 3.63) is 21.7 Å². The zero-order chi connectivity index (χ0) is 11.6. The lowest BCUT2D eigenvalue weighted by molar-refractivity contribution is 0.444. The standard InChI is InChI=1S/C10H18N4O/c1-4-6-7(11)13-9(14-8(6)15)10(3,12)5-2/h4-5,12H2,1-3H3,(H3,11,13,14,15)/t10-/m1/s1. The third kappa shape index (κ3) is 2.18. The predicted molar refractivity (Wildman–Crippen MR) is 60.5 cm³/mol. The molecule has 1 rings (SSSR count). The molecule has 0 amide bonds. The summed E-state index contributed by atoms with van der Waals surface area (Å²) in [5.41, 5.74) is 11.4. The molecule has 5 heteroatoms. The van der Waals surface area contributed by atoms with Gasteiger partial charge in [-0.15, -0.1) is 0 Å². The zero-order valence-corrected chi connectivity index (χ0v) is 9.42. The topological polar surface area (TPSA) is 97.8 Å². The first kappa shape index (κ1) is 11.7. The Morgan fingerprint density at radius 3 is 2.47 bits per heavy atom. The summed E-state index contributed by atoms with van der Waals surface area (Å²) in [6.07, 6.45) is 1.25. The maximum Gasteiger partial charge on any atom is 0.256 e. The Hall–Kier alpha value is -1.36. The van der Waals surface area contributed by atoms with Crippen LogP contribution in [-0.2, 0) is 12.0 Å². The van der Waals surface area contributed by atoms with E-state index in [-0.39, 0.29) is 11.4 Å². The molecule has 15 heavy (non-hydrogen) atoms. The predicted octanol–water partition coefficient (Wildman–Crippen LogP) is 0.498. The summed E-state index contributed by atoms with van der Waals surface area (Å²) >= 11 is 0. The van der Waals surface area contributed by atoms with Crippen molar-refractivity contribution in [1.29, 1.82) is 0 Å². The van der Waals surface area contributed by atoms with Crippen LogP contribution in [0.25, 0.3) is 0 Å². The van der Waals surface area contributed by atoms with Crippen molar-refractivity contribution in [3.63, 3.8) is 0 Å². The first-order chi connectivity index (χ1) is 6.92. The van der Waals surface area contributed by atoms with Gasteiger partial charge in [-0.25, -0.2) is 4.98 Å². The van der Waals surface area contributed by atoms with Gasteiger partial charge in [0.25, 0.3) is 5.56 Å². The van der Waals surface area contributed by atoms with E-state index in [9.17, 15) is 4.79 Å². The molecule has 0 radical (unpaired) electrons. The molecule has 5 N–H and O–H groups in total. The molecule has 0 aliphatic heterocycles. The highest BCUT2D eigenvalue weighted by Crippen LogP contribution is 2.17. The normalized spacial score (nSPS) is 14.9. The van der Waals surface area contributed by atoms with Crippen molar-refractivity contribution in [1.82, 2.24) is 9.97 Å². The average Bonchev–Trinajstić information content (AvgIpc) is 2.17. The van der Waals surface area contributed by atoms with Crippen LogP contribution in [0.3, 0.4) is 0 Å². The van der Waals surface area contributed by atoms with Crippen LogP contribution in [0.15, 0.2) is 4.79 Å². The van der Waals surface area contributed by atoms with Gasteiger partial charge in [0, 0.05) is 0 Å². The molecule has 0 aromatic carbocycles. The fourth-order valence-electron chi connectivity index (χ4n) is 1.29. The van der Waals surface area contributed by atoms with E-state index in [0.29, 0.717) is 24.2 Å². The lowest BCUT2D eigenvalue weighted by atomic mass is 9.99. The number of aromatic nitrogens is 2. The Morgan fingerprint density at radius 2 is 2.07 bits per heavy atom. The molecule has 0 aliphatic rings. The van der Waals surface area contributed by atoms with E-state index in [4.69, 9.17) is 11.5 Å². The van der Waals surface area contributed by atoms with Crippen LogP contribution < -0.4 is 17.0 Å². The quantitative estimate of drug-likeness (QED) is 0.676. The van der Waals surface area contributed by atoms with Crippen molar-refractivity contribution < 1.29 is 0 Å². The number of hydrogen-bond acceptors (Lipinski definition) is 4. The lowest BCUT2D eigenvalue weighted by Crippen LogP contribution is -2.37. The highest BCUT2D eigenvalue weighted by Gasteiger charge is 2.23. The number of hydrogen-bond donors (Lipinski definition) is 3. The molecular weight excluding hydrogens is 192 g/mol. The Kier molecular flexibility index (Phi) is 3.14. The fourth-order valence-corrected chi connectivity index (χ4v) is 1.29. The van der Waals surface area contributed by atoms with Gasteiger partial charge in [0.05, 0.1) is 11.1 Å². The summed E-state index contributed by atoms with van der Waals surface area (Å²) in [5, 5.41) is 0. The van der Waals surface area contributed by atoms with Gasteiger partial charge in [-0.1, -0.05) is 13.8 Å². The van der Waals surface area contributed by atoms with Crippen LogP contribution >= 0.6 is 0 Å². The van der Waals surface area contributed by atoms with E-state index in [2.05, 4.69) is 9.97 Å². The van der Waals surface area contributed by atoms with Gasteiger partial charge in [-0.2, -0.15) is 0 Å². The van der Waals surface area contributed by atoms with Crippen LogP contribution in [0, 0.1) is 0 Å². The van der Waals surface area contributed by atoms with E-state index in [1.807, 2.05) is 20.8 Å². The van der Waals surface area contributed by atoms with Crippen LogP contribution in [0.4, 0.5) is 5.82 Å². The monoisotopic (exact) mass is 210 g/mol. The average molecular weight is 210 g/mol. The third-order valence-electron chi connectivity index (χ3n) is 2.68. The maximum atomic E-state index is 11.6. The van der Waals surface area contributed by atoms with Gasteiger partial charge in [0.1, 0.15) is 11.6 Å². The SMILES string of the molecule is CCc1c(N)nc([C@](C)(N)CC)[nH]c1=O. The Labute approximate surface area is 88.9 Å². The number of nitrogens with one attached hydrogen (secondary N) is 1. The van der Waals surface area contributed by atoms with Crippen molar-refractivity contribution in [2.75, 3.05) is 5.73 Å². The first-order valence-electron chi connectivity index (χ1n) is 5.10. The van der Waals surface area contributed by atoms with Crippen LogP contribution in [0.2, 0.25) is 0 Å². The second kappa shape index (κ2) is 4.02. The van der Waals surface area contributed by atoms with Gasteiger partial charge in [0.15, 0.2) is 0 Å².